The van der Waals surface area contributed by atoms with Gasteiger partial charge in [0.25, 0.3) is 0 Å². The number of carbonyl (C=O) groups excluding carboxylic acids is 2. The monoisotopic (exact) mass is 351 g/mol. The Labute approximate surface area is 146 Å². The van der Waals surface area contributed by atoms with E-state index in [0.717, 1.165) is 25.1 Å². The van der Waals surface area contributed by atoms with E-state index in [1.807, 2.05) is 6.08 Å². The summed E-state index contributed by atoms with van der Waals surface area (Å²) in [5.74, 6) is -1.39. The molecule has 0 saturated carbocycles. The van der Waals surface area contributed by atoms with Crippen LogP contribution in [0.25, 0.3) is 0 Å². The fourth-order valence-corrected chi connectivity index (χ4v) is 4.75. The van der Waals surface area contributed by atoms with Crippen LogP contribution in [-0.4, -0.2) is 71.1 Å². The first-order valence-electron chi connectivity index (χ1n) is 8.92. The van der Waals surface area contributed by atoms with Gasteiger partial charge in [-0.2, -0.15) is 0 Å². The Bertz CT molecular complexity index is 647. The summed E-state index contributed by atoms with van der Waals surface area (Å²) in [7, 11) is 0. The molecule has 4 rings (SSSR count). The Kier molecular flexibility index (Phi) is 3.76. The van der Waals surface area contributed by atoms with Crippen LogP contribution in [0.2, 0.25) is 0 Å². The number of nitrogens with zero attached hydrogens (tertiary/aromatic N) is 1. The second-order valence-corrected chi connectivity index (χ2v) is 8.04. The molecule has 0 spiro atoms. The maximum absolute atomic E-state index is 12.7. The van der Waals surface area contributed by atoms with E-state index >= 15 is 0 Å². The highest BCUT2D eigenvalue weighted by Gasteiger charge is 2.61. The van der Waals surface area contributed by atoms with Crippen molar-refractivity contribution in [3.63, 3.8) is 0 Å². The summed E-state index contributed by atoms with van der Waals surface area (Å²) >= 11 is 0. The van der Waals surface area contributed by atoms with Crippen molar-refractivity contribution in [2.45, 2.75) is 63.1 Å². The molecule has 25 heavy (non-hydrogen) atoms. The third-order valence-electron chi connectivity index (χ3n) is 6.38. The summed E-state index contributed by atoms with van der Waals surface area (Å²) in [5, 5.41) is 10.6. The molecular formula is C18H25NO6. The van der Waals surface area contributed by atoms with Gasteiger partial charge in [0.2, 0.25) is 0 Å². The highest BCUT2D eigenvalue weighted by Crippen LogP contribution is 2.45. The van der Waals surface area contributed by atoms with Crippen molar-refractivity contribution >= 4 is 11.9 Å². The van der Waals surface area contributed by atoms with Gasteiger partial charge in [-0.3, -0.25) is 9.69 Å². The van der Waals surface area contributed by atoms with Crippen LogP contribution in [0.5, 0.6) is 0 Å². The molecule has 138 valence electrons. The minimum Gasteiger partial charge on any atom is -0.460 e. The zero-order chi connectivity index (χ0) is 18.0. The smallest absolute Gasteiger partial charge is 0.338 e. The second kappa shape index (κ2) is 5.53. The van der Waals surface area contributed by atoms with E-state index in [4.69, 9.17) is 14.2 Å². The maximum Gasteiger partial charge on any atom is 0.338 e. The molecule has 7 nitrogen and oxygen atoms in total. The lowest BCUT2D eigenvalue weighted by atomic mass is 9.83. The van der Waals surface area contributed by atoms with Gasteiger partial charge in [0, 0.05) is 19.0 Å². The van der Waals surface area contributed by atoms with Crippen molar-refractivity contribution in [3.05, 3.63) is 11.6 Å². The van der Waals surface area contributed by atoms with Gasteiger partial charge in [0.05, 0.1) is 18.6 Å². The Morgan fingerprint density at radius 1 is 1.32 bits per heavy atom. The van der Waals surface area contributed by atoms with Gasteiger partial charge >= 0.3 is 11.9 Å². The Hall–Kier alpha value is -1.44. The number of fused-ring (bicyclic) bond motifs is 2. The average Bonchev–Trinajstić information content (AvgIpc) is 3.16. The van der Waals surface area contributed by atoms with Gasteiger partial charge in [-0.25, -0.2) is 4.79 Å². The number of aliphatic hydroxyl groups excluding tert-OH is 1. The zero-order valence-corrected chi connectivity index (χ0v) is 14.9. The van der Waals surface area contributed by atoms with Crippen molar-refractivity contribution in [1.82, 2.24) is 4.90 Å². The molecule has 0 aromatic carbocycles. The molecule has 4 heterocycles. The fraction of sp³-hybridized carbons (Fsp3) is 0.778. The van der Waals surface area contributed by atoms with Crippen LogP contribution in [-0.2, 0) is 23.8 Å². The van der Waals surface area contributed by atoms with Gasteiger partial charge in [0.1, 0.15) is 18.3 Å². The van der Waals surface area contributed by atoms with Crippen LogP contribution in [0.3, 0.4) is 0 Å². The largest absolute Gasteiger partial charge is 0.460 e. The first-order chi connectivity index (χ1) is 11.7. The lowest BCUT2D eigenvalue weighted by Crippen LogP contribution is -2.45. The zero-order valence-electron chi connectivity index (χ0n) is 14.9. The summed E-state index contributed by atoms with van der Waals surface area (Å²) < 4.78 is 17.3. The fourth-order valence-electron chi connectivity index (χ4n) is 4.75. The average molecular weight is 351 g/mol. The van der Waals surface area contributed by atoms with E-state index in [2.05, 4.69) is 4.90 Å². The van der Waals surface area contributed by atoms with Crippen LogP contribution >= 0.6 is 0 Å². The van der Waals surface area contributed by atoms with E-state index in [1.165, 1.54) is 0 Å². The summed E-state index contributed by atoms with van der Waals surface area (Å²) in [6, 6.07) is -0.0160. The van der Waals surface area contributed by atoms with E-state index < -0.39 is 35.2 Å². The molecule has 0 aromatic heterocycles. The molecule has 0 amide bonds. The molecular weight excluding hydrogens is 326 g/mol. The van der Waals surface area contributed by atoms with Crippen molar-refractivity contribution in [2.75, 3.05) is 19.7 Å². The number of ether oxygens (including phenoxy) is 3. The molecule has 4 aliphatic heterocycles. The lowest BCUT2D eigenvalue weighted by Gasteiger charge is -2.32. The molecule has 3 saturated heterocycles. The molecule has 1 N–H and O–H groups in total. The molecule has 0 radical (unpaired) electrons. The highest BCUT2D eigenvalue weighted by molar-refractivity contribution is 5.81. The number of cyclic esters (lactones) is 1. The summed E-state index contributed by atoms with van der Waals surface area (Å²) in [6.07, 6.45) is 1.51. The Morgan fingerprint density at radius 3 is 2.84 bits per heavy atom. The Morgan fingerprint density at radius 2 is 2.08 bits per heavy atom. The molecule has 0 unspecified atom stereocenters. The first-order valence-corrected chi connectivity index (χ1v) is 8.92. The first kappa shape index (κ1) is 17.0. The van der Waals surface area contributed by atoms with Gasteiger partial charge in [-0.1, -0.05) is 13.0 Å². The minimum absolute atomic E-state index is 0.0160. The minimum atomic E-state index is -1.29. The van der Waals surface area contributed by atoms with E-state index in [0.29, 0.717) is 0 Å². The molecule has 3 fully saturated rings. The topological polar surface area (TPSA) is 85.3 Å². The van der Waals surface area contributed by atoms with Crippen LogP contribution in [0.4, 0.5) is 0 Å². The number of carbonyl (C=O) groups is 2. The summed E-state index contributed by atoms with van der Waals surface area (Å²) in [5.41, 5.74) is -1.49. The molecule has 0 aliphatic carbocycles. The lowest BCUT2D eigenvalue weighted by molar-refractivity contribution is -0.186. The SMILES string of the molecule is C[C@@H]1[C@@H](O)[C@]2(C)CC(=O)O[C@@H]3CCN4CC=C(COC(=O)[C@]1(C)O2)[C@H]34. The van der Waals surface area contributed by atoms with Gasteiger partial charge in [-0.05, 0) is 25.8 Å². The molecule has 6 atom stereocenters. The van der Waals surface area contributed by atoms with E-state index in [1.54, 1.807) is 20.8 Å². The number of hydrogen-bond acceptors (Lipinski definition) is 7. The number of aliphatic hydroxyl groups is 1. The molecule has 4 aliphatic rings. The van der Waals surface area contributed by atoms with Gasteiger partial charge < -0.3 is 19.3 Å². The van der Waals surface area contributed by atoms with Crippen molar-refractivity contribution in [2.24, 2.45) is 5.92 Å². The van der Waals surface area contributed by atoms with Crippen molar-refractivity contribution in [3.8, 4) is 0 Å². The molecule has 2 bridgehead atoms. The molecule has 7 heteroatoms. The van der Waals surface area contributed by atoms with E-state index in [-0.39, 0.29) is 25.2 Å². The third kappa shape index (κ3) is 2.44. The van der Waals surface area contributed by atoms with Crippen LogP contribution < -0.4 is 0 Å². The van der Waals surface area contributed by atoms with Crippen LogP contribution in [0.15, 0.2) is 11.6 Å². The van der Waals surface area contributed by atoms with Crippen molar-refractivity contribution in [1.29, 1.82) is 0 Å². The number of rotatable bonds is 0. The normalized spacial score (nSPS) is 47.4. The highest BCUT2D eigenvalue weighted by atomic mass is 16.6. The van der Waals surface area contributed by atoms with E-state index in [9.17, 15) is 14.7 Å². The predicted molar refractivity (Wildman–Crippen MR) is 86.6 cm³/mol. The van der Waals surface area contributed by atoms with Gasteiger partial charge in [-0.15, -0.1) is 0 Å². The second-order valence-electron chi connectivity index (χ2n) is 8.04. The number of esters is 2. The van der Waals surface area contributed by atoms with Crippen LogP contribution in [0, 0.1) is 5.92 Å². The third-order valence-corrected chi connectivity index (χ3v) is 6.38. The predicted octanol–water partition coefficient (Wildman–Crippen LogP) is 0.404. The summed E-state index contributed by atoms with van der Waals surface area (Å²) in [4.78, 5) is 27.5. The van der Waals surface area contributed by atoms with Gasteiger partial charge in [0.15, 0.2) is 5.60 Å². The van der Waals surface area contributed by atoms with Crippen LogP contribution in [0.1, 0.15) is 33.6 Å². The maximum atomic E-state index is 12.7. The number of hydrogen-bond donors (Lipinski definition) is 1. The standard InChI is InChI=1S/C18H25NO6/c1-10-15(21)17(2)8-13(20)24-12-5-7-19-6-4-11(14(12)19)9-23-16(22)18(10,3)25-17/h4,10,12,14-15,21H,5-9H2,1-3H3/t10-,12-,14-,15-,17+,18-/m1/s1. The summed E-state index contributed by atoms with van der Waals surface area (Å²) in [6.45, 7) is 6.81. The molecule has 0 aromatic rings. The van der Waals surface area contributed by atoms with Crippen molar-refractivity contribution < 1.29 is 28.9 Å². The Balaban J connectivity index is 1.68. The quantitative estimate of drug-likeness (QED) is 0.499.